The average Bonchev–Trinajstić information content (AvgIpc) is 2.45. The number of hydrogen-bond acceptors (Lipinski definition) is 6. The highest BCUT2D eigenvalue weighted by molar-refractivity contribution is 5.85. The van der Waals surface area contributed by atoms with Gasteiger partial charge < -0.3 is 18.9 Å². The maximum absolute atomic E-state index is 11.6. The lowest BCUT2D eigenvalue weighted by atomic mass is 9.91. The third-order valence-electron chi connectivity index (χ3n) is 3.26. The monoisotopic (exact) mass is 346 g/mol. The van der Waals surface area contributed by atoms with E-state index in [-0.39, 0.29) is 35.6 Å². The lowest BCUT2D eigenvalue weighted by Gasteiger charge is -2.16. The number of carbonyl (C=O) groups excluding carboxylic acids is 2. The Balaban J connectivity index is 3.32. The fourth-order valence-corrected chi connectivity index (χ4v) is 1.32. The highest BCUT2D eigenvalue weighted by atomic mass is 16.6. The summed E-state index contributed by atoms with van der Waals surface area (Å²) in [6, 6.07) is 0. The van der Waals surface area contributed by atoms with Crippen LogP contribution < -0.4 is 0 Å². The molecule has 0 aliphatic heterocycles. The Morgan fingerprint density at radius 2 is 0.792 bits per heavy atom. The minimum absolute atomic E-state index is 0.0794. The zero-order valence-corrected chi connectivity index (χ0v) is 16.1. The molecule has 24 heavy (non-hydrogen) atoms. The smallest absolute Gasteiger partial charge is 0.163 e. The van der Waals surface area contributed by atoms with Crippen LogP contribution in [0, 0.1) is 10.8 Å². The van der Waals surface area contributed by atoms with E-state index in [1.165, 1.54) is 0 Å². The first kappa shape index (κ1) is 23.2. The van der Waals surface area contributed by atoms with Gasteiger partial charge in [-0.3, -0.25) is 9.59 Å². The van der Waals surface area contributed by atoms with Crippen LogP contribution in [0.3, 0.4) is 0 Å². The van der Waals surface area contributed by atoms with Gasteiger partial charge in [0.25, 0.3) is 0 Å². The molecule has 0 spiro atoms. The van der Waals surface area contributed by atoms with E-state index in [9.17, 15) is 9.59 Å². The average molecular weight is 346 g/mol. The SMILES string of the molecule is CC(C)(C)C(=O)COCCOCCOCCOCC(=O)C(C)(C)C. The van der Waals surface area contributed by atoms with Crippen molar-refractivity contribution in [2.75, 3.05) is 52.9 Å². The molecule has 0 saturated heterocycles. The van der Waals surface area contributed by atoms with Crippen molar-refractivity contribution in [3.05, 3.63) is 0 Å². The summed E-state index contributed by atoms with van der Waals surface area (Å²) in [6.07, 6.45) is 0. The normalized spacial score (nSPS) is 12.4. The van der Waals surface area contributed by atoms with Crippen LogP contribution in [0.15, 0.2) is 0 Å². The first-order valence-electron chi connectivity index (χ1n) is 8.42. The lowest BCUT2D eigenvalue weighted by molar-refractivity contribution is -0.132. The molecule has 0 aromatic rings. The van der Waals surface area contributed by atoms with Gasteiger partial charge in [0.15, 0.2) is 11.6 Å². The Kier molecular flexibility index (Phi) is 11.3. The van der Waals surface area contributed by atoms with Gasteiger partial charge in [-0.15, -0.1) is 0 Å². The second-order valence-corrected chi connectivity index (χ2v) is 7.68. The van der Waals surface area contributed by atoms with E-state index in [4.69, 9.17) is 18.9 Å². The molecule has 0 fully saturated rings. The van der Waals surface area contributed by atoms with Crippen molar-refractivity contribution >= 4 is 11.6 Å². The molecule has 0 aromatic carbocycles. The van der Waals surface area contributed by atoms with E-state index >= 15 is 0 Å². The summed E-state index contributed by atoms with van der Waals surface area (Å²) < 4.78 is 21.2. The van der Waals surface area contributed by atoms with Gasteiger partial charge >= 0.3 is 0 Å². The number of ether oxygens (including phenoxy) is 4. The number of ketones is 2. The van der Waals surface area contributed by atoms with Crippen LogP contribution in [0.2, 0.25) is 0 Å². The summed E-state index contributed by atoms with van der Waals surface area (Å²) in [7, 11) is 0. The van der Waals surface area contributed by atoms with E-state index in [1.54, 1.807) is 0 Å². The summed E-state index contributed by atoms with van der Waals surface area (Å²) in [5.41, 5.74) is -0.734. The first-order valence-corrected chi connectivity index (χ1v) is 8.42. The van der Waals surface area contributed by atoms with Crippen molar-refractivity contribution in [2.45, 2.75) is 41.5 Å². The quantitative estimate of drug-likeness (QED) is 0.477. The van der Waals surface area contributed by atoms with E-state index < -0.39 is 0 Å². The summed E-state index contributed by atoms with van der Waals surface area (Å²) in [5, 5.41) is 0. The van der Waals surface area contributed by atoms with Crippen molar-refractivity contribution in [3.63, 3.8) is 0 Å². The highest BCUT2D eigenvalue weighted by Gasteiger charge is 2.21. The van der Waals surface area contributed by atoms with Crippen LogP contribution in [0.25, 0.3) is 0 Å². The minimum Gasteiger partial charge on any atom is -0.377 e. The second-order valence-electron chi connectivity index (χ2n) is 7.68. The zero-order valence-electron chi connectivity index (χ0n) is 16.1. The van der Waals surface area contributed by atoms with Gasteiger partial charge in [0, 0.05) is 10.8 Å². The number of hydrogen-bond donors (Lipinski definition) is 0. The van der Waals surface area contributed by atoms with Crippen molar-refractivity contribution < 1.29 is 28.5 Å². The molecule has 0 unspecified atom stereocenters. The predicted octanol–water partition coefficient (Wildman–Crippen LogP) is 2.28. The van der Waals surface area contributed by atoms with Crippen molar-refractivity contribution in [3.8, 4) is 0 Å². The molecule has 142 valence electrons. The molecule has 0 amide bonds. The number of Topliss-reactive ketones (excluding diaryl/α,β-unsaturated/α-hetero) is 2. The molecule has 0 aromatic heterocycles. The van der Waals surface area contributed by atoms with Gasteiger partial charge in [0.1, 0.15) is 13.2 Å². The second kappa shape index (κ2) is 11.7. The topological polar surface area (TPSA) is 71.1 Å². The van der Waals surface area contributed by atoms with Crippen LogP contribution >= 0.6 is 0 Å². The summed E-state index contributed by atoms with van der Waals surface area (Å²) >= 11 is 0. The fourth-order valence-electron chi connectivity index (χ4n) is 1.32. The Morgan fingerprint density at radius 1 is 0.542 bits per heavy atom. The van der Waals surface area contributed by atoms with Crippen LogP contribution in [-0.4, -0.2) is 64.4 Å². The molecular weight excluding hydrogens is 312 g/mol. The van der Waals surface area contributed by atoms with Crippen molar-refractivity contribution in [1.29, 1.82) is 0 Å². The van der Waals surface area contributed by atoms with Crippen LogP contribution in [0.4, 0.5) is 0 Å². The van der Waals surface area contributed by atoms with Crippen LogP contribution in [0.1, 0.15) is 41.5 Å². The lowest BCUT2D eigenvalue weighted by Crippen LogP contribution is -2.26. The van der Waals surface area contributed by atoms with E-state index in [2.05, 4.69) is 0 Å². The van der Waals surface area contributed by atoms with E-state index in [0.717, 1.165) is 0 Å². The van der Waals surface area contributed by atoms with Gasteiger partial charge in [-0.05, 0) is 0 Å². The summed E-state index contributed by atoms with van der Waals surface area (Å²) in [6.45, 7) is 14.0. The third kappa shape index (κ3) is 12.6. The molecule has 0 N–H and O–H groups in total. The van der Waals surface area contributed by atoms with Crippen LogP contribution in [-0.2, 0) is 28.5 Å². The Bertz CT molecular complexity index is 329. The Morgan fingerprint density at radius 3 is 1.04 bits per heavy atom. The molecule has 0 aliphatic rings. The van der Waals surface area contributed by atoms with Gasteiger partial charge in [0.2, 0.25) is 0 Å². The number of carbonyl (C=O) groups is 2. The molecule has 0 bridgehead atoms. The maximum atomic E-state index is 11.6. The molecular formula is C18H34O6. The largest absolute Gasteiger partial charge is 0.377 e. The molecule has 0 aliphatic carbocycles. The first-order chi connectivity index (χ1) is 11.0. The summed E-state index contributed by atoms with van der Waals surface area (Å²) in [5.74, 6) is 0.159. The van der Waals surface area contributed by atoms with Gasteiger partial charge in [-0.1, -0.05) is 41.5 Å². The maximum Gasteiger partial charge on any atom is 0.163 e. The number of rotatable bonds is 13. The predicted molar refractivity (Wildman–Crippen MR) is 92.2 cm³/mol. The Labute approximate surface area is 146 Å². The molecule has 6 nitrogen and oxygen atoms in total. The van der Waals surface area contributed by atoms with Crippen molar-refractivity contribution in [1.82, 2.24) is 0 Å². The summed E-state index contributed by atoms with van der Waals surface area (Å²) in [4.78, 5) is 23.2. The van der Waals surface area contributed by atoms with E-state index in [1.807, 2.05) is 41.5 Å². The standard InChI is InChI=1S/C18H34O6/c1-17(2,3)15(19)13-23-11-9-21-7-8-22-10-12-24-14-16(20)18(4,5)6/h7-14H2,1-6H3. The molecule has 0 saturated carbocycles. The van der Waals surface area contributed by atoms with Gasteiger partial charge in [-0.2, -0.15) is 0 Å². The zero-order chi connectivity index (χ0) is 18.6. The van der Waals surface area contributed by atoms with Gasteiger partial charge in [0.05, 0.1) is 39.6 Å². The molecule has 0 radical (unpaired) electrons. The highest BCUT2D eigenvalue weighted by Crippen LogP contribution is 2.14. The molecule has 0 heterocycles. The van der Waals surface area contributed by atoms with Gasteiger partial charge in [-0.25, -0.2) is 0 Å². The fraction of sp³-hybridized carbons (Fsp3) is 0.889. The minimum atomic E-state index is -0.367. The van der Waals surface area contributed by atoms with Crippen LogP contribution in [0.5, 0.6) is 0 Å². The van der Waals surface area contributed by atoms with Crippen molar-refractivity contribution in [2.24, 2.45) is 10.8 Å². The third-order valence-corrected chi connectivity index (χ3v) is 3.26. The molecule has 6 heteroatoms. The molecule has 0 rings (SSSR count). The Hall–Kier alpha value is -0.820. The van der Waals surface area contributed by atoms with E-state index in [0.29, 0.717) is 39.6 Å². The molecule has 0 atom stereocenters.